The molecule has 6 heteroatoms. The minimum absolute atomic E-state index is 0.342. The van der Waals surface area contributed by atoms with Gasteiger partial charge in [0.05, 0.1) is 0 Å². The van der Waals surface area contributed by atoms with E-state index in [1.54, 1.807) is 13.8 Å². The van der Waals surface area contributed by atoms with Gasteiger partial charge in [-0.2, -0.15) is 0 Å². The Morgan fingerprint density at radius 1 is 1.10 bits per heavy atom. The molecule has 1 aliphatic rings. The second-order valence-electron chi connectivity index (χ2n) is 4.97. The normalized spacial score (nSPS) is 18.7. The zero-order valence-corrected chi connectivity index (χ0v) is 15.5. The molecule has 0 amide bonds. The van der Waals surface area contributed by atoms with Gasteiger partial charge in [0.2, 0.25) is 0 Å². The summed E-state index contributed by atoms with van der Waals surface area (Å²) >= 11 is -1.46. The van der Waals surface area contributed by atoms with Crippen molar-refractivity contribution in [3.05, 3.63) is 24.3 Å². The minimum atomic E-state index is -2.04. The van der Waals surface area contributed by atoms with Gasteiger partial charge < -0.3 is 0 Å². The Labute approximate surface area is 129 Å². The van der Waals surface area contributed by atoms with Crippen LogP contribution in [0.5, 0.6) is 0 Å². The Hall–Kier alpha value is -0.541. The van der Waals surface area contributed by atoms with Gasteiger partial charge in [-0.1, -0.05) is 0 Å². The molecule has 0 aromatic rings. The van der Waals surface area contributed by atoms with E-state index in [2.05, 4.69) is 13.2 Å². The third kappa shape index (κ3) is 5.45. The van der Waals surface area contributed by atoms with Crippen LogP contribution in [0.1, 0.15) is 20.3 Å². The number of carbonyl (C=O) groups is 2. The van der Waals surface area contributed by atoms with Crippen LogP contribution in [0.4, 0.5) is 0 Å². The third-order valence-electron chi connectivity index (χ3n) is 2.78. The van der Waals surface area contributed by atoms with E-state index >= 15 is 0 Å². The van der Waals surface area contributed by atoms with E-state index in [0.29, 0.717) is 37.1 Å². The Balaban J connectivity index is 2.61. The van der Waals surface area contributed by atoms with Crippen molar-refractivity contribution in [3.63, 3.8) is 0 Å². The van der Waals surface area contributed by atoms with Gasteiger partial charge in [-0.3, -0.25) is 0 Å². The average molecular weight is 412 g/mol. The van der Waals surface area contributed by atoms with Gasteiger partial charge >= 0.3 is 129 Å². The summed E-state index contributed by atoms with van der Waals surface area (Å²) in [4.78, 5) is 23.1. The van der Waals surface area contributed by atoms with Gasteiger partial charge in [-0.15, -0.1) is 0 Å². The molecular formula is C14H22O4Se2. The van der Waals surface area contributed by atoms with Crippen molar-refractivity contribution in [2.24, 2.45) is 0 Å². The van der Waals surface area contributed by atoms with Gasteiger partial charge in [-0.05, 0) is 0 Å². The zero-order chi connectivity index (χ0) is 15.2. The van der Waals surface area contributed by atoms with Crippen molar-refractivity contribution in [2.45, 2.75) is 35.1 Å². The van der Waals surface area contributed by atoms with E-state index in [9.17, 15) is 9.59 Å². The first-order valence-electron chi connectivity index (χ1n) is 6.33. The molecule has 0 aromatic heterocycles. The second kappa shape index (κ2) is 8.04. The summed E-state index contributed by atoms with van der Waals surface area (Å²) in [6.07, 6.45) is 1.16. The number of carbonyl (C=O) groups excluding carboxylic acids is 2. The number of esters is 2. The third-order valence-corrected chi connectivity index (χ3v) is 17.7. The summed E-state index contributed by atoms with van der Waals surface area (Å²) in [6.45, 7) is 10.5. The molecule has 0 unspecified atom stereocenters. The Morgan fingerprint density at radius 2 is 1.60 bits per heavy atom. The maximum absolute atomic E-state index is 11.6. The SMILES string of the molecule is C=C(C)C(=O)OC[Se]1(COC(=O)C(=C)C)CCC[Se]C1. The Kier molecular flexibility index (Phi) is 7.04. The molecule has 1 fully saturated rings. The molecule has 0 saturated carbocycles. The van der Waals surface area contributed by atoms with Crippen molar-refractivity contribution in [1.29, 1.82) is 0 Å². The van der Waals surface area contributed by atoms with Crippen LogP contribution < -0.4 is 0 Å². The van der Waals surface area contributed by atoms with Crippen molar-refractivity contribution < 1.29 is 19.1 Å². The fraction of sp³-hybridized carbons (Fsp3) is 0.571. The molecule has 0 N–H and O–H groups in total. The average Bonchev–Trinajstić information content (AvgIpc) is 2.43. The van der Waals surface area contributed by atoms with E-state index < -0.39 is 12.8 Å². The number of hydrogen-bond donors (Lipinski definition) is 0. The van der Waals surface area contributed by atoms with Gasteiger partial charge in [-0.25, -0.2) is 0 Å². The molecule has 4 nitrogen and oxygen atoms in total. The Morgan fingerprint density at radius 3 is 1.95 bits per heavy atom. The summed E-state index contributed by atoms with van der Waals surface area (Å²) in [7, 11) is 0. The monoisotopic (exact) mass is 414 g/mol. The number of rotatable bonds is 6. The van der Waals surface area contributed by atoms with E-state index in [-0.39, 0.29) is 11.9 Å². The molecule has 1 rings (SSSR count). The predicted octanol–water partition coefficient (Wildman–Crippen LogP) is 2.24. The standard InChI is InChI=1S/C14H22O4Se2/c1-11(2)13(15)17-8-20(7-5-6-19-10-20)9-18-14(16)12(3)4/h1,3,5-10H2,2,4H3. The summed E-state index contributed by atoms with van der Waals surface area (Å²) in [5, 5.41) is 2.35. The molecule has 0 aliphatic carbocycles. The first-order valence-corrected chi connectivity index (χ1v) is 13.6. The van der Waals surface area contributed by atoms with Crippen molar-refractivity contribution in [2.75, 3.05) is 11.0 Å². The molecule has 20 heavy (non-hydrogen) atoms. The second-order valence-corrected chi connectivity index (χ2v) is 16.7. The molecule has 0 atom stereocenters. The van der Waals surface area contributed by atoms with Crippen LogP contribution in [0.2, 0.25) is 14.9 Å². The summed E-state index contributed by atoms with van der Waals surface area (Å²) in [6, 6.07) is 0. The molecule has 1 heterocycles. The van der Waals surface area contributed by atoms with Crippen LogP contribution in [0.15, 0.2) is 24.3 Å². The molecule has 0 spiro atoms. The maximum atomic E-state index is 11.6. The van der Waals surface area contributed by atoms with E-state index in [1.807, 2.05) is 0 Å². The van der Waals surface area contributed by atoms with Gasteiger partial charge in [0.15, 0.2) is 0 Å². The van der Waals surface area contributed by atoms with Crippen LogP contribution >= 0.6 is 0 Å². The fourth-order valence-electron chi connectivity index (χ4n) is 1.59. The van der Waals surface area contributed by atoms with Crippen molar-refractivity contribution in [1.82, 2.24) is 0 Å². The van der Waals surface area contributed by atoms with Crippen LogP contribution in [-0.4, -0.2) is 50.8 Å². The van der Waals surface area contributed by atoms with Crippen LogP contribution in [-0.2, 0) is 19.1 Å². The van der Waals surface area contributed by atoms with Crippen molar-refractivity contribution in [3.8, 4) is 0 Å². The molecular weight excluding hydrogens is 390 g/mol. The van der Waals surface area contributed by atoms with Gasteiger partial charge in [0.1, 0.15) is 0 Å². The summed E-state index contributed by atoms with van der Waals surface area (Å²) in [5.74, 6) is -0.684. The van der Waals surface area contributed by atoms with Crippen molar-refractivity contribution >= 4 is 39.7 Å². The van der Waals surface area contributed by atoms with Crippen LogP contribution in [0, 0.1) is 0 Å². The number of hydrogen-bond acceptors (Lipinski definition) is 4. The number of ether oxygens (including phenoxy) is 2. The molecule has 0 aromatic carbocycles. The fourth-order valence-corrected chi connectivity index (χ4v) is 16.4. The van der Waals surface area contributed by atoms with Crippen LogP contribution in [0.25, 0.3) is 0 Å². The van der Waals surface area contributed by atoms with E-state index in [0.717, 1.165) is 16.0 Å². The molecule has 0 bridgehead atoms. The molecule has 0 radical (unpaired) electrons. The topological polar surface area (TPSA) is 52.6 Å². The quantitative estimate of drug-likeness (QED) is 0.382. The molecule has 1 saturated heterocycles. The molecule has 114 valence electrons. The zero-order valence-electron chi connectivity index (χ0n) is 12.1. The molecule has 1 aliphatic heterocycles. The first kappa shape index (κ1) is 17.5. The van der Waals surface area contributed by atoms with E-state index in [1.165, 1.54) is 5.32 Å². The van der Waals surface area contributed by atoms with Gasteiger partial charge in [0.25, 0.3) is 0 Å². The van der Waals surface area contributed by atoms with Crippen LogP contribution in [0.3, 0.4) is 0 Å². The summed E-state index contributed by atoms with van der Waals surface area (Å²) in [5.41, 5.74) is 1.73. The van der Waals surface area contributed by atoms with Gasteiger partial charge in [0, 0.05) is 0 Å². The van der Waals surface area contributed by atoms with E-state index in [4.69, 9.17) is 9.47 Å². The summed E-state index contributed by atoms with van der Waals surface area (Å²) < 4.78 is 11.9. The predicted molar refractivity (Wildman–Crippen MR) is 82.1 cm³/mol. The first-order chi connectivity index (χ1) is 9.36. The Bertz CT molecular complexity index is 379.